The lowest BCUT2D eigenvalue weighted by atomic mass is 10.4. The van der Waals surface area contributed by atoms with Crippen molar-refractivity contribution in [2.24, 2.45) is 0 Å². The van der Waals surface area contributed by atoms with Crippen molar-refractivity contribution in [3.8, 4) is 0 Å². The highest BCUT2D eigenvalue weighted by Crippen LogP contribution is 1.89. The Labute approximate surface area is 80.7 Å². The normalized spacial score (nSPS) is 10.3. The van der Waals surface area contributed by atoms with Crippen LogP contribution in [0.1, 0.15) is 13.3 Å². The largest absolute Gasteiger partial charge is 0.385 e. The minimum atomic E-state index is 0.626. The maximum atomic E-state index is 5.28. The molecule has 0 fully saturated rings. The summed E-state index contributed by atoms with van der Waals surface area (Å²) < 4.78 is 15.4. The van der Waals surface area contributed by atoms with E-state index in [1.165, 1.54) is 0 Å². The van der Waals surface area contributed by atoms with Gasteiger partial charge in [0.05, 0.1) is 19.8 Å². The number of methoxy groups -OCH3 is 1. The van der Waals surface area contributed by atoms with Gasteiger partial charge in [-0.25, -0.2) is 0 Å². The summed E-state index contributed by atoms with van der Waals surface area (Å²) in [5.41, 5.74) is 1.04. The Balaban J connectivity index is 2.87. The molecule has 0 spiro atoms. The third kappa shape index (κ3) is 11.6. The maximum absolute atomic E-state index is 5.28. The molecule has 3 nitrogen and oxygen atoms in total. The number of hydrogen-bond donors (Lipinski definition) is 0. The summed E-state index contributed by atoms with van der Waals surface area (Å²) in [5.74, 6) is 0. The monoisotopic (exact) mass is 188 g/mol. The minimum absolute atomic E-state index is 0.626. The van der Waals surface area contributed by atoms with Crippen LogP contribution in [0.4, 0.5) is 0 Å². The number of ether oxygens (including phenoxy) is 3. The molecule has 0 amide bonds. The van der Waals surface area contributed by atoms with Gasteiger partial charge < -0.3 is 14.2 Å². The Morgan fingerprint density at radius 3 is 2.38 bits per heavy atom. The summed E-state index contributed by atoms with van der Waals surface area (Å²) >= 11 is 0. The second-order valence-electron chi connectivity index (χ2n) is 2.97. The first-order valence-corrected chi connectivity index (χ1v) is 4.56. The van der Waals surface area contributed by atoms with Crippen molar-refractivity contribution < 1.29 is 14.2 Å². The zero-order valence-electron chi connectivity index (χ0n) is 8.67. The average Bonchev–Trinajstić information content (AvgIpc) is 2.09. The molecule has 0 aromatic rings. The summed E-state index contributed by atoms with van der Waals surface area (Å²) in [6.45, 7) is 9.09. The topological polar surface area (TPSA) is 27.7 Å². The van der Waals surface area contributed by atoms with Crippen LogP contribution >= 0.6 is 0 Å². The third-order valence-electron chi connectivity index (χ3n) is 1.36. The van der Waals surface area contributed by atoms with Crippen molar-refractivity contribution >= 4 is 0 Å². The molecule has 13 heavy (non-hydrogen) atoms. The fraction of sp³-hybridized carbons (Fsp3) is 0.800. The van der Waals surface area contributed by atoms with Gasteiger partial charge in [0.1, 0.15) is 0 Å². The van der Waals surface area contributed by atoms with Crippen molar-refractivity contribution in [3.05, 3.63) is 12.2 Å². The predicted molar refractivity (Wildman–Crippen MR) is 52.9 cm³/mol. The molecule has 0 aromatic carbocycles. The molecule has 0 aromatic heterocycles. The molecule has 0 atom stereocenters. The van der Waals surface area contributed by atoms with Gasteiger partial charge in [-0.1, -0.05) is 12.2 Å². The van der Waals surface area contributed by atoms with E-state index in [0.29, 0.717) is 19.8 Å². The van der Waals surface area contributed by atoms with Crippen LogP contribution in [0.25, 0.3) is 0 Å². The van der Waals surface area contributed by atoms with Crippen LogP contribution in [0, 0.1) is 0 Å². The minimum Gasteiger partial charge on any atom is -0.385 e. The summed E-state index contributed by atoms with van der Waals surface area (Å²) in [7, 11) is 1.69. The highest BCUT2D eigenvalue weighted by atomic mass is 16.5. The molecule has 78 valence electrons. The average molecular weight is 188 g/mol. The van der Waals surface area contributed by atoms with Gasteiger partial charge in [0.25, 0.3) is 0 Å². The SMILES string of the molecule is C=C(C)COCCOCCCOC. The summed E-state index contributed by atoms with van der Waals surface area (Å²) in [4.78, 5) is 0. The summed E-state index contributed by atoms with van der Waals surface area (Å²) in [6.07, 6.45) is 0.941. The lowest BCUT2D eigenvalue weighted by molar-refractivity contribution is 0.0471. The number of rotatable bonds is 9. The van der Waals surface area contributed by atoms with Crippen LogP contribution in [-0.4, -0.2) is 40.1 Å². The molecule has 0 unspecified atom stereocenters. The zero-order chi connectivity index (χ0) is 9.94. The van der Waals surface area contributed by atoms with Crippen molar-refractivity contribution in [1.82, 2.24) is 0 Å². The van der Waals surface area contributed by atoms with E-state index < -0.39 is 0 Å². The van der Waals surface area contributed by atoms with E-state index in [1.54, 1.807) is 7.11 Å². The Morgan fingerprint density at radius 1 is 1.08 bits per heavy atom. The van der Waals surface area contributed by atoms with Gasteiger partial charge in [-0.3, -0.25) is 0 Å². The highest BCUT2D eigenvalue weighted by Gasteiger charge is 1.90. The maximum Gasteiger partial charge on any atom is 0.0704 e. The summed E-state index contributed by atoms with van der Waals surface area (Å²) in [5, 5.41) is 0. The van der Waals surface area contributed by atoms with E-state index in [0.717, 1.165) is 25.2 Å². The molecule has 0 rings (SSSR count). The first kappa shape index (κ1) is 12.6. The van der Waals surface area contributed by atoms with Crippen LogP contribution in [0.3, 0.4) is 0 Å². The van der Waals surface area contributed by atoms with E-state index in [-0.39, 0.29) is 0 Å². The van der Waals surface area contributed by atoms with Crippen LogP contribution in [0.15, 0.2) is 12.2 Å². The van der Waals surface area contributed by atoms with E-state index >= 15 is 0 Å². The molecule has 0 aliphatic carbocycles. The van der Waals surface area contributed by atoms with Gasteiger partial charge in [-0.05, 0) is 13.3 Å². The predicted octanol–water partition coefficient (Wildman–Crippen LogP) is 1.63. The van der Waals surface area contributed by atoms with Crippen LogP contribution in [0.5, 0.6) is 0 Å². The van der Waals surface area contributed by atoms with Crippen molar-refractivity contribution in [2.75, 3.05) is 40.1 Å². The second kappa shape index (κ2) is 9.71. The number of hydrogen-bond acceptors (Lipinski definition) is 3. The molecular formula is C10H20O3. The standard InChI is InChI=1S/C10H20O3/c1-10(2)9-13-8-7-12-6-4-5-11-3/h1,4-9H2,2-3H3. The van der Waals surface area contributed by atoms with Gasteiger partial charge in [-0.15, -0.1) is 0 Å². The lowest BCUT2D eigenvalue weighted by Gasteiger charge is -2.04. The van der Waals surface area contributed by atoms with Crippen LogP contribution in [-0.2, 0) is 14.2 Å². The smallest absolute Gasteiger partial charge is 0.0704 e. The second-order valence-corrected chi connectivity index (χ2v) is 2.97. The van der Waals surface area contributed by atoms with E-state index in [2.05, 4.69) is 6.58 Å². The van der Waals surface area contributed by atoms with Crippen LogP contribution in [0.2, 0.25) is 0 Å². The van der Waals surface area contributed by atoms with Crippen molar-refractivity contribution in [1.29, 1.82) is 0 Å². The fourth-order valence-electron chi connectivity index (χ4n) is 0.772. The molecular weight excluding hydrogens is 168 g/mol. The Morgan fingerprint density at radius 2 is 1.77 bits per heavy atom. The molecule has 0 N–H and O–H groups in total. The van der Waals surface area contributed by atoms with E-state index in [4.69, 9.17) is 14.2 Å². The van der Waals surface area contributed by atoms with Gasteiger partial charge >= 0.3 is 0 Å². The lowest BCUT2D eigenvalue weighted by Crippen LogP contribution is -2.07. The first-order chi connectivity index (χ1) is 6.27. The zero-order valence-corrected chi connectivity index (χ0v) is 8.67. The van der Waals surface area contributed by atoms with Gasteiger partial charge in [0.15, 0.2) is 0 Å². The van der Waals surface area contributed by atoms with Crippen LogP contribution < -0.4 is 0 Å². The van der Waals surface area contributed by atoms with Gasteiger partial charge in [0, 0.05) is 20.3 Å². The van der Waals surface area contributed by atoms with Gasteiger partial charge in [0.2, 0.25) is 0 Å². The Hall–Kier alpha value is -0.380. The molecule has 0 saturated heterocycles. The van der Waals surface area contributed by atoms with E-state index in [9.17, 15) is 0 Å². The quantitative estimate of drug-likeness (QED) is 0.406. The van der Waals surface area contributed by atoms with Gasteiger partial charge in [-0.2, -0.15) is 0 Å². The molecule has 0 aliphatic heterocycles. The summed E-state index contributed by atoms with van der Waals surface area (Å²) in [6, 6.07) is 0. The molecule has 0 radical (unpaired) electrons. The van der Waals surface area contributed by atoms with E-state index in [1.807, 2.05) is 6.92 Å². The van der Waals surface area contributed by atoms with Crippen molar-refractivity contribution in [3.63, 3.8) is 0 Å². The Kier molecular flexibility index (Phi) is 9.42. The third-order valence-corrected chi connectivity index (χ3v) is 1.36. The Bertz CT molecular complexity index is 123. The molecule has 0 aliphatic rings. The first-order valence-electron chi connectivity index (χ1n) is 4.56. The highest BCUT2D eigenvalue weighted by molar-refractivity contribution is 4.87. The molecule has 3 heteroatoms. The van der Waals surface area contributed by atoms with Crippen molar-refractivity contribution in [2.45, 2.75) is 13.3 Å². The fourth-order valence-corrected chi connectivity index (χ4v) is 0.772. The molecule has 0 heterocycles. The molecule has 0 bridgehead atoms. The molecule has 0 saturated carbocycles.